The molecule has 0 bridgehead atoms. The minimum atomic E-state index is -0.165. The summed E-state index contributed by atoms with van der Waals surface area (Å²) in [6.45, 7) is 6.83. The van der Waals surface area contributed by atoms with Crippen molar-refractivity contribution in [3.8, 4) is 17.9 Å². The maximum atomic E-state index is 9.38. The van der Waals surface area contributed by atoms with Crippen LogP contribution in [0.3, 0.4) is 0 Å². The fourth-order valence-electron chi connectivity index (χ4n) is 2.65. The molecule has 0 heterocycles. The van der Waals surface area contributed by atoms with Gasteiger partial charge in [-0.2, -0.15) is 10.5 Å². The summed E-state index contributed by atoms with van der Waals surface area (Å²) in [5, 5.41) is 18.2. The summed E-state index contributed by atoms with van der Waals surface area (Å²) >= 11 is 0. The normalized spacial score (nSPS) is 11.4. The Morgan fingerprint density at radius 2 is 1.62 bits per heavy atom. The first-order chi connectivity index (χ1) is 11.5. The van der Waals surface area contributed by atoms with E-state index in [1.54, 1.807) is 12.1 Å². The van der Waals surface area contributed by atoms with Gasteiger partial charge in [-0.15, -0.1) is 0 Å². The number of ether oxygens (including phenoxy) is 1. The van der Waals surface area contributed by atoms with Crippen LogP contribution >= 0.6 is 0 Å². The molecule has 0 aliphatic heterocycles. The minimum absolute atomic E-state index is 0.165. The molecule has 122 valence electrons. The lowest BCUT2D eigenvalue weighted by atomic mass is 9.95. The monoisotopic (exact) mass is 318 g/mol. The Hall–Kier alpha value is -2.78. The van der Waals surface area contributed by atoms with E-state index in [-0.39, 0.29) is 5.92 Å². The average molecular weight is 318 g/mol. The Bertz CT molecular complexity index is 779. The van der Waals surface area contributed by atoms with Crippen molar-refractivity contribution in [1.82, 2.24) is 0 Å². The molecule has 0 aliphatic rings. The van der Waals surface area contributed by atoms with E-state index in [9.17, 15) is 5.26 Å². The molecular weight excluding hydrogens is 296 g/mol. The maximum absolute atomic E-state index is 9.38. The molecule has 0 amide bonds. The van der Waals surface area contributed by atoms with Crippen LogP contribution in [0.2, 0.25) is 0 Å². The molecule has 1 atom stereocenters. The van der Waals surface area contributed by atoms with Crippen LogP contribution in [0.4, 0.5) is 0 Å². The molecule has 24 heavy (non-hydrogen) atoms. The third kappa shape index (κ3) is 4.37. The second-order valence-corrected chi connectivity index (χ2v) is 6.11. The smallest absolute Gasteiger partial charge is 0.122 e. The summed E-state index contributed by atoms with van der Waals surface area (Å²) in [4.78, 5) is 0. The topological polar surface area (TPSA) is 56.8 Å². The second kappa shape index (κ2) is 8.18. The van der Waals surface area contributed by atoms with Crippen LogP contribution in [-0.4, -0.2) is 6.61 Å². The molecule has 0 spiro atoms. The molecule has 0 fully saturated rings. The van der Waals surface area contributed by atoms with E-state index >= 15 is 0 Å². The van der Waals surface area contributed by atoms with Crippen molar-refractivity contribution >= 4 is 0 Å². The highest BCUT2D eigenvalue weighted by Crippen LogP contribution is 2.24. The summed E-state index contributed by atoms with van der Waals surface area (Å²) in [5.74, 6) is 0.757. The van der Waals surface area contributed by atoms with Crippen LogP contribution in [0.25, 0.3) is 0 Å². The molecule has 3 heteroatoms. The van der Waals surface area contributed by atoms with E-state index in [2.05, 4.69) is 45.0 Å². The highest BCUT2D eigenvalue weighted by molar-refractivity contribution is 5.40. The summed E-state index contributed by atoms with van der Waals surface area (Å²) in [6.07, 6.45) is 1.55. The quantitative estimate of drug-likeness (QED) is 0.708. The zero-order valence-corrected chi connectivity index (χ0v) is 14.5. The second-order valence-electron chi connectivity index (χ2n) is 6.11. The first kappa shape index (κ1) is 17.6. The van der Waals surface area contributed by atoms with Crippen LogP contribution in [0.15, 0.2) is 36.4 Å². The van der Waals surface area contributed by atoms with Crippen molar-refractivity contribution in [1.29, 1.82) is 10.5 Å². The fraction of sp³-hybridized carbons (Fsp3) is 0.333. The van der Waals surface area contributed by atoms with Crippen LogP contribution < -0.4 is 4.74 Å². The van der Waals surface area contributed by atoms with Gasteiger partial charge in [0.05, 0.1) is 30.2 Å². The van der Waals surface area contributed by atoms with Crippen molar-refractivity contribution < 1.29 is 4.74 Å². The Kier molecular flexibility index (Phi) is 5.99. The number of aryl methyl sites for hydroxylation is 3. The van der Waals surface area contributed by atoms with Crippen molar-refractivity contribution in [3.05, 3.63) is 64.2 Å². The predicted octanol–water partition coefficient (Wildman–Crippen LogP) is 4.95. The molecule has 0 aromatic heterocycles. The molecule has 3 nitrogen and oxygen atoms in total. The van der Waals surface area contributed by atoms with E-state index in [1.807, 2.05) is 12.1 Å². The van der Waals surface area contributed by atoms with Crippen LogP contribution in [0, 0.1) is 43.4 Å². The van der Waals surface area contributed by atoms with Crippen molar-refractivity contribution in [2.75, 3.05) is 6.61 Å². The third-order valence-corrected chi connectivity index (χ3v) is 4.28. The molecule has 2 aromatic rings. The van der Waals surface area contributed by atoms with E-state index in [0.29, 0.717) is 12.2 Å². The molecule has 0 saturated heterocycles. The molecule has 2 rings (SSSR count). The lowest BCUT2D eigenvalue weighted by Crippen LogP contribution is -2.03. The average Bonchev–Trinajstić information content (AvgIpc) is 2.59. The van der Waals surface area contributed by atoms with Gasteiger partial charge >= 0.3 is 0 Å². The van der Waals surface area contributed by atoms with E-state index in [4.69, 9.17) is 10.00 Å². The zero-order valence-electron chi connectivity index (χ0n) is 14.5. The number of rotatable bonds is 6. The highest BCUT2D eigenvalue weighted by Gasteiger charge is 2.11. The number of benzene rings is 2. The number of nitriles is 2. The largest absolute Gasteiger partial charge is 0.493 e. The van der Waals surface area contributed by atoms with Gasteiger partial charge in [-0.3, -0.25) is 0 Å². The van der Waals surface area contributed by atoms with Gasteiger partial charge in [0.15, 0.2) is 0 Å². The van der Waals surface area contributed by atoms with Gasteiger partial charge in [0.25, 0.3) is 0 Å². The molecule has 0 radical (unpaired) electrons. The number of nitrogens with zero attached hydrogens (tertiary/aromatic N) is 2. The summed E-state index contributed by atoms with van der Waals surface area (Å²) in [6, 6.07) is 15.9. The molecule has 0 N–H and O–H groups in total. The lowest BCUT2D eigenvalue weighted by molar-refractivity contribution is 0.303. The SMILES string of the molecule is Cc1cc(C)c(OCCCC(C#N)c2ccc(C#N)cc2)cc1C. The number of hydrogen-bond acceptors (Lipinski definition) is 3. The standard InChI is InChI=1S/C21H22N2O/c1-15-11-17(3)21(12-16(15)2)24-10-4-5-20(14-23)19-8-6-18(13-22)7-9-19/h6-9,11-12,20H,4-5,10H2,1-3H3. The molecular formula is C21H22N2O. The third-order valence-electron chi connectivity index (χ3n) is 4.28. The summed E-state index contributed by atoms with van der Waals surface area (Å²) < 4.78 is 5.89. The molecule has 1 unspecified atom stereocenters. The van der Waals surface area contributed by atoms with Gasteiger partial charge in [-0.1, -0.05) is 18.2 Å². The Labute approximate surface area is 144 Å². The minimum Gasteiger partial charge on any atom is -0.493 e. The van der Waals surface area contributed by atoms with Gasteiger partial charge < -0.3 is 4.74 Å². The summed E-state index contributed by atoms with van der Waals surface area (Å²) in [7, 11) is 0. The Morgan fingerprint density at radius 3 is 2.25 bits per heavy atom. The maximum Gasteiger partial charge on any atom is 0.122 e. The first-order valence-corrected chi connectivity index (χ1v) is 8.15. The first-order valence-electron chi connectivity index (χ1n) is 8.15. The lowest BCUT2D eigenvalue weighted by Gasteiger charge is -2.13. The molecule has 0 aliphatic carbocycles. The van der Waals surface area contributed by atoms with Crippen molar-refractivity contribution in [3.63, 3.8) is 0 Å². The van der Waals surface area contributed by atoms with Crippen molar-refractivity contribution in [2.45, 2.75) is 39.5 Å². The highest BCUT2D eigenvalue weighted by atomic mass is 16.5. The zero-order chi connectivity index (χ0) is 17.5. The van der Waals surface area contributed by atoms with Crippen LogP contribution in [0.5, 0.6) is 5.75 Å². The summed E-state index contributed by atoms with van der Waals surface area (Å²) in [5.41, 5.74) is 5.21. The fourth-order valence-corrected chi connectivity index (χ4v) is 2.65. The van der Waals surface area contributed by atoms with E-state index < -0.39 is 0 Å². The predicted molar refractivity (Wildman–Crippen MR) is 94.9 cm³/mol. The Balaban J connectivity index is 1.89. The van der Waals surface area contributed by atoms with Crippen LogP contribution in [0.1, 0.15) is 46.6 Å². The van der Waals surface area contributed by atoms with E-state index in [0.717, 1.165) is 29.7 Å². The Morgan fingerprint density at radius 1 is 0.958 bits per heavy atom. The van der Waals surface area contributed by atoms with Gasteiger partial charge in [0.2, 0.25) is 0 Å². The van der Waals surface area contributed by atoms with Gasteiger partial charge in [-0.05, 0) is 74.1 Å². The van der Waals surface area contributed by atoms with Gasteiger partial charge in [-0.25, -0.2) is 0 Å². The van der Waals surface area contributed by atoms with Gasteiger partial charge in [0.1, 0.15) is 5.75 Å². The molecule has 2 aromatic carbocycles. The number of hydrogen-bond donors (Lipinski definition) is 0. The van der Waals surface area contributed by atoms with E-state index in [1.165, 1.54) is 11.1 Å². The van der Waals surface area contributed by atoms with Crippen molar-refractivity contribution in [2.24, 2.45) is 0 Å². The molecule has 0 saturated carbocycles. The van der Waals surface area contributed by atoms with Gasteiger partial charge in [0, 0.05) is 0 Å². The van der Waals surface area contributed by atoms with Crippen LogP contribution in [-0.2, 0) is 0 Å².